The lowest BCUT2D eigenvalue weighted by Gasteiger charge is -2.08. The van der Waals surface area contributed by atoms with Gasteiger partial charge >= 0.3 is 0 Å². The molecule has 14 heavy (non-hydrogen) atoms. The van der Waals surface area contributed by atoms with Crippen molar-refractivity contribution in [1.29, 1.82) is 0 Å². The van der Waals surface area contributed by atoms with Crippen LogP contribution in [0.4, 0.5) is 13.2 Å². The Bertz CT molecular complexity index is 341. The first-order chi connectivity index (χ1) is 6.61. The molecular formula is C9H10F3NO. The van der Waals surface area contributed by atoms with Crippen LogP contribution in [0.15, 0.2) is 6.07 Å². The first kappa shape index (κ1) is 10.8. The molecule has 5 heteroatoms. The van der Waals surface area contributed by atoms with Crippen molar-refractivity contribution in [1.82, 2.24) is 0 Å². The van der Waals surface area contributed by atoms with E-state index in [-0.39, 0.29) is 18.5 Å². The molecule has 0 aliphatic heterocycles. The van der Waals surface area contributed by atoms with Gasteiger partial charge in [-0.15, -0.1) is 0 Å². The first-order valence-electron chi connectivity index (χ1n) is 4.02. The molecule has 1 aromatic carbocycles. The molecule has 0 fully saturated rings. The van der Waals surface area contributed by atoms with Gasteiger partial charge in [0.2, 0.25) is 5.82 Å². The zero-order chi connectivity index (χ0) is 10.7. The standard InChI is InChI=1S/C9H10F3NO/c1-14-9-7(11)5(2-3-13)4-6(10)8(9)12/h4H,2-3,13H2,1H3. The summed E-state index contributed by atoms with van der Waals surface area (Å²) in [6.07, 6.45) is 0.138. The number of ether oxygens (including phenoxy) is 1. The summed E-state index contributed by atoms with van der Waals surface area (Å²) in [6, 6.07) is 0.792. The van der Waals surface area contributed by atoms with Crippen molar-refractivity contribution in [2.24, 2.45) is 5.73 Å². The maximum Gasteiger partial charge on any atom is 0.203 e. The smallest absolute Gasteiger partial charge is 0.203 e. The molecule has 2 N–H and O–H groups in total. The van der Waals surface area contributed by atoms with E-state index in [4.69, 9.17) is 5.73 Å². The van der Waals surface area contributed by atoms with Gasteiger partial charge in [0.15, 0.2) is 17.4 Å². The molecule has 2 nitrogen and oxygen atoms in total. The highest BCUT2D eigenvalue weighted by Crippen LogP contribution is 2.26. The Kier molecular flexibility index (Phi) is 3.35. The van der Waals surface area contributed by atoms with Crippen LogP contribution in [0.3, 0.4) is 0 Å². The predicted molar refractivity (Wildman–Crippen MR) is 45.6 cm³/mol. The van der Waals surface area contributed by atoms with Crippen LogP contribution in [0.25, 0.3) is 0 Å². The van der Waals surface area contributed by atoms with E-state index in [1.54, 1.807) is 0 Å². The van der Waals surface area contributed by atoms with Crippen LogP contribution in [-0.2, 0) is 6.42 Å². The molecule has 0 saturated heterocycles. The Labute approximate surface area is 79.5 Å². The lowest BCUT2D eigenvalue weighted by molar-refractivity contribution is 0.344. The molecule has 0 saturated carbocycles. The molecule has 0 unspecified atom stereocenters. The number of methoxy groups -OCH3 is 1. The largest absolute Gasteiger partial charge is 0.491 e. The van der Waals surface area contributed by atoms with Crippen molar-refractivity contribution in [2.45, 2.75) is 6.42 Å². The van der Waals surface area contributed by atoms with E-state index in [9.17, 15) is 13.2 Å². The van der Waals surface area contributed by atoms with Gasteiger partial charge in [-0.3, -0.25) is 0 Å². The average molecular weight is 205 g/mol. The summed E-state index contributed by atoms with van der Waals surface area (Å²) >= 11 is 0. The minimum Gasteiger partial charge on any atom is -0.491 e. The van der Waals surface area contributed by atoms with E-state index >= 15 is 0 Å². The molecule has 0 aliphatic rings. The van der Waals surface area contributed by atoms with E-state index in [2.05, 4.69) is 4.74 Å². The second kappa shape index (κ2) is 4.32. The Hall–Kier alpha value is -1.23. The Morgan fingerprint density at radius 2 is 1.93 bits per heavy atom. The number of hydrogen-bond acceptors (Lipinski definition) is 2. The molecule has 0 aliphatic carbocycles. The van der Waals surface area contributed by atoms with Crippen LogP contribution >= 0.6 is 0 Å². The molecule has 0 amide bonds. The molecule has 0 bridgehead atoms. The van der Waals surface area contributed by atoms with E-state index in [0.29, 0.717) is 0 Å². The van der Waals surface area contributed by atoms with Crippen molar-refractivity contribution in [3.63, 3.8) is 0 Å². The molecule has 0 aromatic heterocycles. The van der Waals surface area contributed by atoms with Crippen molar-refractivity contribution < 1.29 is 17.9 Å². The molecular weight excluding hydrogens is 195 g/mol. The van der Waals surface area contributed by atoms with Crippen molar-refractivity contribution >= 4 is 0 Å². The maximum absolute atomic E-state index is 13.3. The van der Waals surface area contributed by atoms with Gasteiger partial charge in [0.25, 0.3) is 0 Å². The van der Waals surface area contributed by atoms with Crippen molar-refractivity contribution in [3.05, 3.63) is 29.1 Å². The van der Waals surface area contributed by atoms with Gasteiger partial charge in [-0.2, -0.15) is 4.39 Å². The van der Waals surface area contributed by atoms with Crippen LogP contribution in [0, 0.1) is 17.5 Å². The normalized spacial score (nSPS) is 10.4. The van der Waals surface area contributed by atoms with Crippen molar-refractivity contribution in [2.75, 3.05) is 13.7 Å². The summed E-state index contributed by atoms with van der Waals surface area (Å²) in [5, 5.41) is 0. The summed E-state index contributed by atoms with van der Waals surface area (Å²) < 4.78 is 43.5. The van der Waals surface area contributed by atoms with Crippen LogP contribution < -0.4 is 10.5 Å². The average Bonchev–Trinajstić information content (AvgIpc) is 2.16. The van der Waals surface area contributed by atoms with Gasteiger partial charge < -0.3 is 10.5 Å². The Morgan fingerprint density at radius 1 is 1.29 bits per heavy atom. The fourth-order valence-corrected chi connectivity index (χ4v) is 1.15. The zero-order valence-electron chi connectivity index (χ0n) is 7.61. The van der Waals surface area contributed by atoms with Gasteiger partial charge in [0.1, 0.15) is 0 Å². The number of nitrogens with two attached hydrogens (primary N) is 1. The maximum atomic E-state index is 13.3. The molecule has 1 aromatic rings. The molecule has 1 rings (SSSR count). The number of halogens is 3. The zero-order valence-corrected chi connectivity index (χ0v) is 7.61. The second-order valence-corrected chi connectivity index (χ2v) is 2.72. The number of benzene rings is 1. The number of hydrogen-bond donors (Lipinski definition) is 1. The third-order valence-corrected chi connectivity index (χ3v) is 1.81. The SMILES string of the molecule is COc1c(F)c(F)cc(CCN)c1F. The van der Waals surface area contributed by atoms with E-state index in [1.165, 1.54) is 0 Å². The summed E-state index contributed by atoms with van der Waals surface area (Å²) in [5.74, 6) is -4.04. The summed E-state index contributed by atoms with van der Waals surface area (Å²) in [6.45, 7) is 0.158. The van der Waals surface area contributed by atoms with Crippen LogP contribution in [-0.4, -0.2) is 13.7 Å². The number of rotatable bonds is 3. The van der Waals surface area contributed by atoms with Crippen LogP contribution in [0.1, 0.15) is 5.56 Å². The first-order valence-corrected chi connectivity index (χ1v) is 4.02. The quantitative estimate of drug-likeness (QED) is 0.761. The van der Waals surface area contributed by atoms with Crippen LogP contribution in [0.2, 0.25) is 0 Å². The highest BCUT2D eigenvalue weighted by Gasteiger charge is 2.18. The van der Waals surface area contributed by atoms with Gasteiger partial charge in [-0.05, 0) is 24.6 Å². The highest BCUT2D eigenvalue weighted by molar-refractivity contribution is 5.34. The van der Waals surface area contributed by atoms with Gasteiger partial charge in [-0.1, -0.05) is 0 Å². The highest BCUT2D eigenvalue weighted by atomic mass is 19.2. The lowest BCUT2D eigenvalue weighted by atomic mass is 10.1. The molecule has 78 valence electrons. The molecule has 0 radical (unpaired) electrons. The van der Waals surface area contributed by atoms with Crippen molar-refractivity contribution in [3.8, 4) is 5.75 Å². The van der Waals surface area contributed by atoms with Gasteiger partial charge in [0, 0.05) is 0 Å². The molecule has 0 heterocycles. The summed E-state index contributed by atoms with van der Waals surface area (Å²) in [5.41, 5.74) is 5.20. The minimum atomic E-state index is -1.31. The summed E-state index contributed by atoms with van der Waals surface area (Å²) in [7, 11) is 1.08. The predicted octanol–water partition coefficient (Wildman–Crippen LogP) is 1.61. The van der Waals surface area contributed by atoms with E-state index in [1.807, 2.05) is 0 Å². The molecule has 0 spiro atoms. The lowest BCUT2D eigenvalue weighted by Crippen LogP contribution is -2.07. The third kappa shape index (κ3) is 1.82. The van der Waals surface area contributed by atoms with E-state index < -0.39 is 23.2 Å². The second-order valence-electron chi connectivity index (χ2n) is 2.72. The van der Waals surface area contributed by atoms with E-state index in [0.717, 1.165) is 13.2 Å². The van der Waals surface area contributed by atoms with Gasteiger partial charge in [-0.25, -0.2) is 8.78 Å². The monoisotopic (exact) mass is 205 g/mol. The van der Waals surface area contributed by atoms with Gasteiger partial charge in [0.05, 0.1) is 7.11 Å². The third-order valence-electron chi connectivity index (χ3n) is 1.81. The summed E-state index contributed by atoms with van der Waals surface area (Å²) in [4.78, 5) is 0. The Morgan fingerprint density at radius 3 is 2.43 bits per heavy atom. The molecule has 0 atom stereocenters. The van der Waals surface area contributed by atoms with Crippen LogP contribution in [0.5, 0.6) is 5.75 Å². The topological polar surface area (TPSA) is 35.2 Å². The minimum absolute atomic E-state index is 0.0169. The fourth-order valence-electron chi connectivity index (χ4n) is 1.15. The Balaban J connectivity index is 3.27. The fraction of sp³-hybridized carbons (Fsp3) is 0.333.